The Bertz CT molecular complexity index is 618. The van der Waals surface area contributed by atoms with Crippen molar-refractivity contribution < 1.29 is 0 Å². The van der Waals surface area contributed by atoms with E-state index in [1.165, 1.54) is 37.2 Å². The molecule has 0 radical (unpaired) electrons. The highest BCUT2D eigenvalue weighted by Crippen LogP contribution is 2.29. The molecule has 0 saturated carbocycles. The van der Waals surface area contributed by atoms with Crippen molar-refractivity contribution in [2.75, 3.05) is 32.7 Å². The molecule has 1 fully saturated rings. The Labute approximate surface area is 144 Å². The molecule has 2 nitrogen and oxygen atoms in total. The molecule has 2 aromatic rings. The summed E-state index contributed by atoms with van der Waals surface area (Å²) in [7, 11) is 0. The summed E-state index contributed by atoms with van der Waals surface area (Å²) in [6, 6.07) is 16.9. The third-order valence-corrected chi connectivity index (χ3v) is 5.08. The SMILES string of the molecule is CC(CCN1CCNCC1)c1ccc(-c2ccccc2Cl)cc1. The Hall–Kier alpha value is -1.35. The molecule has 0 aliphatic carbocycles. The number of nitrogens with one attached hydrogen (secondary N) is 1. The zero-order chi connectivity index (χ0) is 16.1. The van der Waals surface area contributed by atoms with Gasteiger partial charge in [-0.05, 0) is 36.1 Å². The lowest BCUT2D eigenvalue weighted by atomic mass is 9.95. The molecule has 0 aromatic heterocycles. The van der Waals surface area contributed by atoms with Crippen LogP contribution in [0.15, 0.2) is 48.5 Å². The summed E-state index contributed by atoms with van der Waals surface area (Å²) < 4.78 is 0. The summed E-state index contributed by atoms with van der Waals surface area (Å²) in [6.07, 6.45) is 1.21. The van der Waals surface area contributed by atoms with Gasteiger partial charge in [-0.1, -0.05) is 61.0 Å². The number of piperazine rings is 1. The van der Waals surface area contributed by atoms with E-state index in [0.717, 1.165) is 23.7 Å². The van der Waals surface area contributed by atoms with E-state index in [9.17, 15) is 0 Å². The molecule has 23 heavy (non-hydrogen) atoms. The van der Waals surface area contributed by atoms with Crippen molar-refractivity contribution in [3.63, 3.8) is 0 Å². The van der Waals surface area contributed by atoms with Crippen LogP contribution in [0.25, 0.3) is 11.1 Å². The average Bonchev–Trinajstić information content (AvgIpc) is 2.61. The van der Waals surface area contributed by atoms with Crippen molar-refractivity contribution in [3.05, 3.63) is 59.1 Å². The minimum atomic E-state index is 0.588. The van der Waals surface area contributed by atoms with E-state index in [2.05, 4.69) is 47.5 Å². The first-order valence-electron chi connectivity index (χ1n) is 8.52. The highest BCUT2D eigenvalue weighted by Gasteiger charge is 2.12. The predicted octanol–water partition coefficient (Wildman–Crippen LogP) is 4.41. The van der Waals surface area contributed by atoms with E-state index >= 15 is 0 Å². The number of hydrogen-bond acceptors (Lipinski definition) is 2. The second kappa shape index (κ2) is 7.96. The van der Waals surface area contributed by atoms with Crippen LogP contribution in [0.3, 0.4) is 0 Å². The van der Waals surface area contributed by atoms with Crippen LogP contribution < -0.4 is 5.32 Å². The fourth-order valence-corrected chi connectivity index (χ4v) is 3.41. The summed E-state index contributed by atoms with van der Waals surface area (Å²) in [4.78, 5) is 2.56. The van der Waals surface area contributed by atoms with Crippen molar-refractivity contribution in [1.29, 1.82) is 0 Å². The maximum absolute atomic E-state index is 6.29. The average molecular weight is 329 g/mol. The number of benzene rings is 2. The van der Waals surface area contributed by atoms with Crippen LogP contribution in [0.5, 0.6) is 0 Å². The molecule has 1 atom stereocenters. The van der Waals surface area contributed by atoms with Gasteiger partial charge >= 0.3 is 0 Å². The van der Waals surface area contributed by atoms with E-state index < -0.39 is 0 Å². The first-order valence-corrected chi connectivity index (χ1v) is 8.90. The molecular weight excluding hydrogens is 304 g/mol. The van der Waals surface area contributed by atoms with Gasteiger partial charge in [0, 0.05) is 36.8 Å². The normalized spacial score (nSPS) is 17.1. The van der Waals surface area contributed by atoms with Gasteiger partial charge in [-0.2, -0.15) is 0 Å². The second-order valence-electron chi connectivity index (χ2n) is 6.38. The molecule has 122 valence electrons. The highest BCUT2D eigenvalue weighted by molar-refractivity contribution is 6.33. The van der Waals surface area contributed by atoms with E-state index in [0.29, 0.717) is 5.92 Å². The molecule has 1 saturated heterocycles. The van der Waals surface area contributed by atoms with E-state index in [4.69, 9.17) is 11.6 Å². The van der Waals surface area contributed by atoms with Crippen molar-refractivity contribution in [2.24, 2.45) is 0 Å². The largest absolute Gasteiger partial charge is 0.314 e. The molecule has 1 aliphatic heterocycles. The molecule has 3 rings (SSSR count). The third-order valence-electron chi connectivity index (χ3n) is 4.75. The van der Waals surface area contributed by atoms with Gasteiger partial charge in [-0.25, -0.2) is 0 Å². The molecule has 0 amide bonds. The van der Waals surface area contributed by atoms with Crippen LogP contribution in [0.1, 0.15) is 24.8 Å². The Morgan fingerprint density at radius 3 is 2.43 bits per heavy atom. The number of halogens is 1. The minimum Gasteiger partial charge on any atom is -0.314 e. The fraction of sp³-hybridized carbons (Fsp3) is 0.400. The van der Waals surface area contributed by atoms with Gasteiger partial charge in [-0.15, -0.1) is 0 Å². The van der Waals surface area contributed by atoms with Gasteiger partial charge in [0.05, 0.1) is 0 Å². The van der Waals surface area contributed by atoms with Crippen LogP contribution in [0, 0.1) is 0 Å². The standard InChI is InChI=1S/C20H25ClN2/c1-16(10-13-23-14-11-22-12-15-23)17-6-8-18(9-7-17)19-4-2-3-5-20(19)21/h2-9,16,22H,10-15H2,1H3. The quantitative estimate of drug-likeness (QED) is 0.874. The Kier molecular flexibility index (Phi) is 5.71. The number of hydrogen-bond donors (Lipinski definition) is 1. The molecule has 1 N–H and O–H groups in total. The van der Waals surface area contributed by atoms with Crippen LogP contribution in [0.4, 0.5) is 0 Å². The second-order valence-corrected chi connectivity index (χ2v) is 6.79. The third kappa shape index (κ3) is 4.35. The molecule has 1 unspecified atom stereocenters. The van der Waals surface area contributed by atoms with E-state index in [-0.39, 0.29) is 0 Å². The summed E-state index contributed by atoms with van der Waals surface area (Å²) in [6.45, 7) is 8.12. The molecule has 2 aromatic carbocycles. The molecule has 1 heterocycles. The van der Waals surface area contributed by atoms with Gasteiger partial charge in [0.2, 0.25) is 0 Å². The summed E-state index contributed by atoms with van der Waals surface area (Å²) >= 11 is 6.29. The van der Waals surface area contributed by atoms with E-state index in [1.807, 2.05) is 18.2 Å². The lowest BCUT2D eigenvalue weighted by Crippen LogP contribution is -2.43. The zero-order valence-corrected chi connectivity index (χ0v) is 14.5. The Morgan fingerprint density at radius 2 is 1.74 bits per heavy atom. The topological polar surface area (TPSA) is 15.3 Å². The summed E-state index contributed by atoms with van der Waals surface area (Å²) in [5.41, 5.74) is 3.71. The highest BCUT2D eigenvalue weighted by atomic mass is 35.5. The van der Waals surface area contributed by atoms with Gasteiger partial charge in [-0.3, -0.25) is 0 Å². The molecular formula is C20H25ClN2. The van der Waals surface area contributed by atoms with Gasteiger partial charge in [0.1, 0.15) is 0 Å². The first-order chi connectivity index (χ1) is 11.2. The van der Waals surface area contributed by atoms with E-state index in [1.54, 1.807) is 0 Å². The molecule has 3 heteroatoms. The summed E-state index contributed by atoms with van der Waals surface area (Å²) in [5, 5.41) is 4.22. The van der Waals surface area contributed by atoms with Crippen LogP contribution >= 0.6 is 11.6 Å². The maximum Gasteiger partial charge on any atom is 0.0484 e. The lowest BCUT2D eigenvalue weighted by Gasteiger charge is -2.28. The zero-order valence-electron chi connectivity index (χ0n) is 13.8. The Morgan fingerprint density at radius 1 is 1.04 bits per heavy atom. The molecule has 0 bridgehead atoms. The van der Waals surface area contributed by atoms with Crippen LogP contribution in [0.2, 0.25) is 5.02 Å². The van der Waals surface area contributed by atoms with Crippen molar-refractivity contribution in [2.45, 2.75) is 19.3 Å². The lowest BCUT2D eigenvalue weighted by molar-refractivity contribution is 0.234. The predicted molar refractivity (Wildman–Crippen MR) is 99.2 cm³/mol. The van der Waals surface area contributed by atoms with Crippen molar-refractivity contribution in [1.82, 2.24) is 10.2 Å². The number of nitrogens with zero attached hydrogens (tertiary/aromatic N) is 1. The Balaban J connectivity index is 1.61. The van der Waals surface area contributed by atoms with Crippen LogP contribution in [-0.4, -0.2) is 37.6 Å². The first kappa shape index (κ1) is 16.5. The van der Waals surface area contributed by atoms with Crippen molar-refractivity contribution >= 4 is 11.6 Å². The van der Waals surface area contributed by atoms with Gasteiger partial charge in [0.25, 0.3) is 0 Å². The van der Waals surface area contributed by atoms with Gasteiger partial charge in [0.15, 0.2) is 0 Å². The summed E-state index contributed by atoms with van der Waals surface area (Å²) in [5.74, 6) is 0.588. The minimum absolute atomic E-state index is 0.588. The molecule has 0 spiro atoms. The molecule has 1 aliphatic rings. The fourth-order valence-electron chi connectivity index (χ4n) is 3.16. The van der Waals surface area contributed by atoms with Gasteiger partial charge < -0.3 is 10.2 Å². The number of rotatable bonds is 5. The van der Waals surface area contributed by atoms with Crippen LogP contribution in [-0.2, 0) is 0 Å². The smallest absolute Gasteiger partial charge is 0.0484 e. The monoisotopic (exact) mass is 328 g/mol. The maximum atomic E-state index is 6.29. The van der Waals surface area contributed by atoms with Crippen molar-refractivity contribution in [3.8, 4) is 11.1 Å².